The first-order chi connectivity index (χ1) is 14.2. The molecule has 152 valence electrons. The molecule has 0 aliphatic carbocycles. The highest BCUT2D eigenvalue weighted by Gasteiger charge is 2.35. The van der Waals surface area contributed by atoms with Crippen LogP contribution in [0.25, 0.3) is 0 Å². The third-order valence-electron chi connectivity index (χ3n) is 4.98. The Bertz CT molecular complexity index is 894. The molecule has 2 aromatic rings. The Labute approximate surface area is 172 Å². The van der Waals surface area contributed by atoms with E-state index in [9.17, 15) is 9.59 Å². The van der Waals surface area contributed by atoms with E-state index in [2.05, 4.69) is 30.4 Å². The van der Waals surface area contributed by atoms with Crippen LogP contribution >= 0.6 is 11.3 Å². The summed E-state index contributed by atoms with van der Waals surface area (Å²) in [4.78, 5) is 38.6. The van der Waals surface area contributed by atoms with Gasteiger partial charge in [-0.2, -0.15) is 0 Å². The zero-order chi connectivity index (χ0) is 20.2. The fraction of sp³-hybridized carbons (Fsp3) is 0.368. The van der Waals surface area contributed by atoms with Crippen molar-refractivity contribution in [3.05, 3.63) is 52.1 Å². The summed E-state index contributed by atoms with van der Waals surface area (Å²) in [5, 5.41) is 7.58. The summed E-state index contributed by atoms with van der Waals surface area (Å²) in [7, 11) is 1.35. The van der Waals surface area contributed by atoms with Crippen LogP contribution in [0.4, 0.5) is 10.7 Å². The third-order valence-corrected chi connectivity index (χ3v) is 5.91. The van der Waals surface area contributed by atoms with E-state index in [1.54, 1.807) is 18.5 Å². The number of carbonyl (C=O) groups excluding carboxylic acids is 2. The minimum atomic E-state index is -0.509. The highest BCUT2D eigenvalue weighted by Crippen LogP contribution is 2.30. The zero-order valence-corrected chi connectivity index (χ0v) is 16.8. The Morgan fingerprint density at radius 1 is 1.24 bits per heavy atom. The lowest BCUT2D eigenvalue weighted by molar-refractivity contribution is -0.136. The number of ether oxygens (including phenoxy) is 1. The summed E-state index contributed by atoms with van der Waals surface area (Å²) in [5.41, 5.74) is 1.03. The standard InChI is InChI=1S/C19H22N6O3S/c1-28-17(26)15-13(22-19(27)23-16(15)14-4-2-11-29-14)12-24-7-9-25(10-8-24)18-20-5-3-6-21-18/h2-6,11,16H,7-10,12H2,1H3,(H2,22,23,27). The smallest absolute Gasteiger partial charge is 0.338 e. The van der Waals surface area contributed by atoms with Crippen molar-refractivity contribution in [2.75, 3.05) is 44.7 Å². The topological polar surface area (TPSA) is 99.7 Å². The van der Waals surface area contributed by atoms with Crippen LogP contribution in [-0.4, -0.2) is 66.7 Å². The molecule has 29 heavy (non-hydrogen) atoms. The molecule has 2 aliphatic heterocycles. The van der Waals surface area contributed by atoms with Gasteiger partial charge in [-0.05, 0) is 17.5 Å². The van der Waals surface area contributed by atoms with Crippen LogP contribution < -0.4 is 15.5 Å². The summed E-state index contributed by atoms with van der Waals surface area (Å²) in [6.07, 6.45) is 3.47. The third kappa shape index (κ3) is 4.22. The van der Waals surface area contributed by atoms with E-state index in [1.165, 1.54) is 18.4 Å². The Hall–Kier alpha value is -2.98. The predicted octanol–water partition coefficient (Wildman–Crippen LogP) is 1.14. The van der Waals surface area contributed by atoms with Crippen LogP contribution in [0.3, 0.4) is 0 Å². The summed E-state index contributed by atoms with van der Waals surface area (Å²) < 4.78 is 5.02. The molecular weight excluding hydrogens is 392 g/mol. The zero-order valence-electron chi connectivity index (χ0n) is 16.0. The minimum Gasteiger partial charge on any atom is -0.466 e. The fourth-order valence-electron chi connectivity index (χ4n) is 3.55. The number of anilines is 1. The fourth-order valence-corrected chi connectivity index (χ4v) is 4.33. The number of hydrogen-bond acceptors (Lipinski definition) is 8. The molecule has 1 atom stereocenters. The second kappa shape index (κ2) is 8.58. The van der Waals surface area contributed by atoms with Gasteiger partial charge in [0, 0.05) is 55.7 Å². The Kier molecular flexibility index (Phi) is 5.72. The van der Waals surface area contributed by atoms with Gasteiger partial charge in [-0.3, -0.25) is 4.90 Å². The molecule has 1 saturated heterocycles. The highest BCUT2D eigenvalue weighted by molar-refractivity contribution is 7.10. The predicted molar refractivity (Wildman–Crippen MR) is 108 cm³/mol. The second-order valence-corrected chi connectivity index (χ2v) is 7.72. The van der Waals surface area contributed by atoms with Gasteiger partial charge in [0.25, 0.3) is 0 Å². The molecule has 4 heterocycles. The molecule has 2 aromatic heterocycles. The van der Waals surface area contributed by atoms with Crippen molar-refractivity contribution < 1.29 is 14.3 Å². The monoisotopic (exact) mass is 414 g/mol. The highest BCUT2D eigenvalue weighted by atomic mass is 32.1. The summed E-state index contributed by atoms with van der Waals surface area (Å²) in [6.45, 7) is 3.53. The van der Waals surface area contributed by atoms with Gasteiger partial charge in [0.2, 0.25) is 5.95 Å². The van der Waals surface area contributed by atoms with Crippen molar-refractivity contribution in [1.82, 2.24) is 25.5 Å². The Morgan fingerprint density at radius 3 is 2.66 bits per heavy atom. The van der Waals surface area contributed by atoms with Crippen molar-refractivity contribution in [3.8, 4) is 0 Å². The molecule has 2 N–H and O–H groups in total. The number of piperazine rings is 1. The van der Waals surface area contributed by atoms with E-state index in [0.717, 1.165) is 37.0 Å². The molecule has 0 saturated carbocycles. The molecule has 2 aliphatic rings. The number of aromatic nitrogens is 2. The van der Waals surface area contributed by atoms with Crippen molar-refractivity contribution >= 4 is 29.3 Å². The first-order valence-corrected chi connectivity index (χ1v) is 10.2. The van der Waals surface area contributed by atoms with E-state index in [-0.39, 0.29) is 6.03 Å². The number of carbonyl (C=O) groups is 2. The van der Waals surface area contributed by atoms with Gasteiger partial charge in [0.1, 0.15) is 0 Å². The number of methoxy groups -OCH3 is 1. The van der Waals surface area contributed by atoms with Crippen molar-refractivity contribution in [2.45, 2.75) is 6.04 Å². The average Bonchev–Trinajstić information content (AvgIpc) is 3.29. The number of rotatable bonds is 5. The number of nitrogens with one attached hydrogen (secondary N) is 2. The van der Waals surface area contributed by atoms with Gasteiger partial charge in [-0.15, -0.1) is 11.3 Å². The molecule has 1 fully saturated rings. The largest absolute Gasteiger partial charge is 0.466 e. The molecule has 1 unspecified atom stereocenters. The Balaban J connectivity index is 1.52. The average molecular weight is 414 g/mol. The van der Waals surface area contributed by atoms with Crippen molar-refractivity contribution in [1.29, 1.82) is 0 Å². The molecule has 2 amide bonds. The molecule has 0 aromatic carbocycles. The number of nitrogens with zero attached hydrogens (tertiary/aromatic N) is 4. The van der Waals surface area contributed by atoms with Crippen LogP contribution in [0.5, 0.6) is 0 Å². The van der Waals surface area contributed by atoms with Gasteiger partial charge >= 0.3 is 12.0 Å². The Morgan fingerprint density at radius 2 is 2.00 bits per heavy atom. The van der Waals surface area contributed by atoms with Gasteiger partial charge < -0.3 is 20.3 Å². The number of amides is 2. The van der Waals surface area contributed by atoms with E-state index in [4.69, 9.17) is 4.74 Å². The van der Waals surface area contributed by atoms with Gasteiger partial charge in [0.05, 0.1) is 18.7 Å². The maximum absolute atomic E-state index is 12.6. The summed E-state index contributed by atoms with van der Waals surface area (Å²) in [6, 6.07) is 4.77. The van der Waals surface area contributed by atoms with Crippen LogP contribution in [0, 0.1) is 0 Å². The van der Waals surface area contributed by atoms with Crippen LogP contribution in [-0.2, 0) is 9.53 Å². The minimum absolute atomic E-state index is 0.317. The van der Waals surface area contributed by atoms with Gasteiger partial charge in [-0.25, -0.2) is 19.6 Å². The van der Waals surface area contributed by atoms with Crippen LogP contribution in [0.2, 0.25) is 0 Å². The summed E-state index contributed by atoms with van der Waals surface area (Å²) in [5.74, 6) is 0.275. The maximum atomic E-state index is 12.6. The van der Waals surface area contributed by atoms with Crippen LogP contribution in [0.1, 0.15) is 10.9 Å². The van der Waals surface area contributed by atoms with E-state index >= 15 is 0 Å². The molecule has 4 rings (SSSR count). The molecule has 0 bridgehead atoms. The van der Waals surface area contributed by atoms with E-state index in [0.29, 0.717) is 17.8 Å². The molecule has 0 radical (unpaired) electrons. The first kappa shape index (κ1) is 19.3. The normalized spacial score (nSPS) is 20.2. The number of thiophene rings is 1. The molecule has 0 spiro atoms. The van der Waals surface area contributed by atoms with Gasteiger partial charge in [-0.1, -0.05) is 6.07 Å². The quantitative estimate of drug-likeness (QED) is 0.708. The molecule has 10 heteroatoms. The van der Waals surface area contributed by atoms with Crippen LogP contribution in [0.15, 0.2) is 47.2 Å². The molecular formula is C19H22N6O3S. The second-order valence-electron chi connectivity index (χ2n) is 6.74. The van der Waals surface area contributed by atoms with Crippen molar-refractivity contribution in [3.63, 3.8) is 0 Å². The van der Waals surface area contributed by atoms with Gasteiger partial charge in [0.15, 0.2) is 0 Å². The first-order valence-electron chi connectivity index (χ1n) is 9.32. The lowest BCUT2D eigenvalue weighted by Gasteiger charge is -2.36. The number of urea groups is 1. The van der Waals surface area contributed by atoms with Crippen molar-refractivity contribution in [2.24, 2.45) is 0 Å². The molecule has 9 nitrogen and oxygen atoms in total. The maximum Gasteiger partial charge on any atom is 0.338 e. The number of hydrogen-bond donors (Lipinski definition) is 2. The SMILES string of the molecule is COC(=O)C1=C(CN2CCN(c3ncccn3)CC2)NC(=O)NC1c1cccs1. The summed E-state index contributed by atoms with van der Waals surface area (Å²) >= 11 is 1.49. The lowest BCUT2D eigenvalue weighted by atomic mass is 10.0. The lowest BCUT2D eigenvalue weighted by Crippen LogP contribution is -2.52. The number of esters is 1. The van der Waals surface area contributed by atoms with E-state index < -0.39 is 12.0 Å². The van der Waals surface area contributed by atoms with E-state index in [1.807, 2.05) is 17.5 Å².